The average molecular weight is 1180 g/mol. The van der Waals surface area contributed by atoms with Crippen LogP contribution in [0.2, 0.25) is 0 Å². The average Bonchev–Trinajstić information content (AvgIpc) is 1.50. The number of imidazole rings is 1. The number of methoxy groups -OCH3 is 4. The van der Waals surface area contributed by atoms with Crippen LogP contribution in [0.4, 0.5) is 10.0 Å². The maximum Gasteiger partial charge on any atom is 0.366 e. The van der Waals surface area contributed by atoms with Crippen LogP contribution in [0.15, 0.2) is 186 Å². The fourth-order valence-electron chi connectivity index (χ4n) is 11.0. The van der Waals surface area contributed by atoms with E-state index in [0.29, 0.717) is 45.3 Å². The van der Waals surface area contributed by atoms with Crippen LogP contribution in [-0.4, -0.2) is 95.1 Å². The smallest absolute Gasteiger partial charge is 0.366 e. The van der Waals surface area contributed by atoms with E-state index in [1.807, 2.05) is 158 Å². The molecule has 3 N–H and O–H groups in total. The standard InChI is InChI=1S/C62H61FN7O12PS/c1-39-34-69(60(72)68-59(39)71)54-32-50(81-62(41-14-10-7-11-15-41,44-20-28-48(75-4)29-21-44)45-22-30-49(76-5)31-23-45)53(80-54)36-78-83(63,84)82-51-33-55(70-38-67-56-57(64)65-37-66-58(56)70)79-52(51)35-77-61(40-12-8-6-9-13-40,42-16-24-46(73-2)25-17-42)43-18-26-47(74-3)27-19-43/h6-31,34,37-38,50-55H,32-33,35-36H2,1-5H3,(H2,64,65,66)(H,68,71,72)/t50-,51-,52+,53+,54+,55+,83?/m0/s1. The monoisotopic (exact) mass is 1180 g/mol. The van der Waals surface area contributed by atoms with Crippen molar-refractivity contribution in [3.05, 3.63) is 236 Å². The van der Waals surface area contributed by atoms with Gasteiger partial charge >= 0.3 is 12.5 Å². The Kier molecular flexibility index (Phi) is 16.9. The van der Waals surface area contributed by atoms with E-state index in [4.69, 9.17) is 64.5 Å². The molecule has 84 heavy (non-hydrogen) atoms. The number of aromatic amines is 1. The summed E-state index contributed by atoms with van der Waals surface area (Å²) in [4.78, 5) is 41.7. The van der Waals surface area contributed by atoms with E-state index >= 15 is 4.20 Å². The molecule has 0 saturated carbocycles. The third kappa shape index (κ3) is 11.5. The van der Waals surface area contributed by atoms with Crippen LogP contribution < -0.4 is 35.9 Å². The lowest BCUT2D eigenvalue weighted by molar-refractivity contribution is -0.100. The van der Waals surface area contributed by atoms with Crippen molar-refractivity contribution < 1.29 is 51.1 Å². The minimum Gasteiger partial charge on any atom is -0.497 e. The van der Waals surface area contributed by atoms with E-state index in [9.17, 15) is 9.59 Å². The topological polar surface area (TPSA) is 217 Å². The molecule has 22 heteroatoms. The maximum absolute atomic E-state index is 17.8. The van der Waals surface area contributed by atoms with E-state index in [2.05, 4.69) is 19.9 Å². The molecule has 1 unspecified atom stereocenters. The Balaban J connectivity index is 0.952. The lowest BCUT2D eigenvalue weighted by Crippen LogP contribution is -2.41. The van der Waals surface area contributed by atoms with Crippen molar-refractivity contribution in [3.63, 3.8) is 0 Å². The minimum atomic E-state index is -4.81. The molecule has 5 heterocycles. The van der Waals surface area contributed by atoms with E-state index in [1.54, 1.807) is 39.9 Å². The van der Waals surface area contributed by atoms with E-state index in [-0.39, 0.29) is 30.8 Å². The first-order chi connectivity index (χ1) is 40.7. The molecule has 0 bridgehead atoms. The molecule has 3 aromatic heterocycles. The van der Waals surface area contributed by atoms with Crippen LogP contribution in [0, 0.1) is 6.92 Å². The van der Waals surface area contributed by atoms with Crippen LogP contribution >= 0.6 is 6.80 Å². The largest absolute Gasteiger partial charge is 0.497 e. The van der Waals surface area contributed by atoms with E-state index < -0.39 is 72.7 Å². The van der Waals surface area contributed by atoms with Crippen LogP contribution in [0.1, 0.15) is 64.2 Å². The maximum atomic E-state index is 17.8. The summed E-state index contributed by atoms with van der Waals surface area (Å²) >= 11 is 5.74. The number of rotatable bonds is 22. The third-order valence-electron chi connectivity index (χ3n) is 15.3. The third-order valence-corrected chi connectivity index (χ3v) is 16.9. The van der Waals surface area contributed by atoms with Crippen molar-refractivity contribution in [2.45, 2.75) is 67.8 Å². The van der Waals surface area contributed by atoms with E-state index in [0.717, 1.165) is 22.3 Å². The van der Waals surface area contributed by atoms with Crippen molar-refractivity contribution in [1.82, 2.24) is 29.1 Å². The molecule has 2 fully saturated rings. The summed E-state index contributed by atoms with van der Waals surface area (Å²) in [7, 11) is 6.36. The first kappa shape index (κ1) is 57.7. The zero-order chi connectivity index (χ0) is 58.6. The van der Waals surface area contributed by atoms with Gasteiger partial charge in [0.1, 0.15) is 76.8 Å². The number of fused-ring (bicyclic) bond motifs is 1. The highest BCUT2D eigenvalue weighted by Crippen LogP contribution is 2.56. The lowest BCUT2D eigenvalue weighted by Gasteiger charge is -2.39. The van der Waals surface area contributed by atoms with Crippen molar-refractivity contribution in [1.29, 1.82) is 0 Å². The summed E-state index contributed by atoms with van der Waals surface area (Å²) < 4.78 is 84.1. The molecule has 0 radical (unpaired) electrons. The van der Waals surface area contributed by atoms with Crippen LogP contribution in [-0.2, 0) is 51.0 Å². The molecule has 7 atom stereocenters. The number of anilines is 1. The molecule has 434 valence electrons. The molecule has 2 aliphatic heterocycles. The summed E-state index contributed by atoms with van der Waals surface area (Å²) in [6.07, 6.45) is -1.71. The number of halogens is 1. The van der Waals surface area contributed by atoms with Gasteiger partial charge in [0.2, 0.25) is 0 Å². The number of hydrogen-bond acceptors (Lipinski definition) is 17. The number of benzene rings is 6. The lowest BCUT2D eigenvalue weighted by atomic mass is 9.79. The van der Waals surface area contributed by atoms with Gasteiger partial charge in [0, 0.05) is 24.6 Å². The second-order valence-corrected chi connectivity index (χ2v) is 22.8. The van der Waals surface area contributed by atoms with Gasteiger partial charge in [0.25, 0.3) is 5.56 Å². The number of nitrogens with two attached hydrogens (primary N) is 1. The SMILES string of the molecule is COc1ccc(C(OC[C@H]2O[C@@H](n3cnc4c(N)ncnc43)C[C@@H]2OP(F)(=S)OC[C@H]2O[C@@H](n3cc(C)c(=O)[nH]c3=O)C[C@@H]2OC(c2ccccc2)(c2ccc(OC)cc2)c2ccc(OC)cc2)(c2ccccc2)c2ccc(OC)cc2)cc1. The number of hydrogen-bond donors (Lipinski definition) is 2. The van der Waals surface area contributed by atoms with Gasteiger partial charge in [-0.2, -0.15) is 4.20 Å². The van der Waals surface area contributed by atoms with Crippen molar-refractivity contribution in [3.8, 4) is 23.0 Å². The first-order valence-corrected chi connectivity index (χ1v) is 29.5. The number of aromatic nitrogens is 6. The zero-order valence-corrected chi connectivity index (χ0v) is 48.2. The van der Waals surface area contributed by atoms with Gasteiger partial charge < -0.3 is 48.2 Å². The van der Waals surface area contributed by atoms with Crippen molar-refractivity contribution in [2.75, 3.05) is 47.4 Å². The van der Waals surface area contributed by atoms with Gasteiger partial charge in [-0.05, 0) is 101 Å². The Bertz CT molecular complexity index is 3790. The highest BCUT2D eigenvalue weighted by molar-refractivity contribution is 8.07. The highest BCUT2D eigenvalue weighted by atomic mass is 32.5. The van der Waals surface area contributed by atoms with Gasteiger partial charge in [-0.15, -0.1) is 0 Å². The normalized spacial score (nSPS) is 19.7. The Morgan fingerprint density at radius 2 is 1.07 bits per heavy atom. The fraction of sp³-hybridized carbons (Fsp3) is 0.274. The van der Waals surface area contributed by atoms with Crippen LogP contribution in [0.25, 0.3) is 11.2 Å². The Morgan fingerprint density at radius 3 is 1.58 bits per heavy atom. The molecule has 2 aliphatic rings. The number of nitrogens with zero attached hydrogens (tertiary/aromatic N) is 5. The fourth-order valence-corrected chi connectivity index (χ4v) is 12.5. The van der Waals surface area contributed by atoms with Crippen molar-refractivity contribution >= 4 is 35.6 Å². The number of nitrogen functional groups attached to an aromatic ring is 1. The highest BCUT2D eigenvalue weighted by Gasteiger charge is 2.49. The van der Waals surface area contributed by atoms with Gasteiger partial charge in [0.05, 0.1) is 54.1 Å². The molecular weight excluding hydrogens is 1120 g/mol. The summed E-state index contributed by atoms with van der Waals surface area (Å²) in [6, 6.07) is 49.4. The molecule has 2 saturated heterocycles. The second kappa shape index (κ2) is 24.6. The summed E-state index contributed by atoms with van der Waals surface area (Å²) in [6.45, 7) is -3.92. The van der Waals surface area contributed by atoms with Crippen LogP contribution in [0.5, 0.6) is 23.0 Å². The summed E-state index contributed by atoms with van der Waals surface area (Å²) in [5.74, 6) is 2.67. The van der Waals surface area contributed by atoms with Crippen molar-refractivity contribution in [2.24, 2.45) is 0 Å². The molecule has 0 aliphatic carbocycles. The Hall–Kier alpha value is -8.11. The molecular formula is C62H61FN7O12PS. The zero-order valence-electron chi connectivity index (χ0n) is 46.5. The molecule has 6 aromatic carbocycles. The quantitative estimate of drug-likeness (QED) is 0.0477. The predicted octanol–water partition coefficient (Wildman–Crippen LogP) is 9.86. The predicted molar refractivity (Wildman–Crippen MR) is 315 cm³/mol. The Labute approximate surface area is 488 Å². The van der Waals surface area contributed by atoms with Gasteiger partial charge in [-0.3, -0.25) is 23.4 Å². The minimum absolute atomic E-state index is 0.0318. The number of aryl methyl sites for hydroxylation is 1. The number of ether oxygens (including phenoxy) is 8. The first-order valence-electron chi connectivity index (χ1n) is 27.0. The molecule has 9 aromatic rings. The van der Waals surface area contributed by atoms with Gasteiger partial charge in [-0.25, -0.2) is 19.7 Å². The van der Waals surface area contributed by atoms with E-state index in [1.165, 1.54) is 23.4 Å². The molecule has 11 rings (SSSR count). The number of nitrogens with one attached hydrogen (secondary N) is 1. The van der Waals surface area contributed by atoms with Gasteiger partial charge in [0.15, 0.2) is 11.5 Å². The second-order valence-electron chi connectivity index (χ2n) is 20.1. The summed E-state index contributed by atoms with van der Waals surface area (Å²) in [5.41, 5.74) is 7.71. The molecule has 0 spiro atoms. The Morgan fingerprint density at radius 1 is 0.619 bits per heavy atom. The molecule has 0 amide bonds. The summed E-state index contributed by atoms with van der Waals surface area (Å²) in [5, 5.41) is 0. The van der Waals surface area contributed by atoms with Gasteiger partial charge in [-0.1, -0.05) is 109 Å². The van der Waals surface area contributed by atoms with Crippen LogP contribution in [0.3, 0.4) is 0 Å². The molecule has 19 nitrogen and oxygen atoms in total. The number of H-pyrrole nitrogens is 1.